The van der Waals surface area contributed by atoms with Gasteiger partial charge in [0, 0.05) is 36.7 Å². The molecule has 2 aromatic rings. The SMILES string of the molecule is CCCNc1ccc(C(=O)NCCn2cccn2)cc1C. The summed E-state index contributed by atoms with van der Waals surface area (Å²) in [6, 6.07) is 7.61. The van der Waals surface area contributed by atoms with Gasteiger partial charge >= 0.3 is 0 Å². The Balaban J connectivity index is 1.88. The van der Waals surface area contributed by atoms with Gasteiger partial charge in [-0.2, -0.15) is 5.10 Å². The quantitative estimate of drug-likeness (QED) is 0.822. The van der Waals surface area contributed by atoms with Crippen LogP contribution in [0.1, 0.15) is 29.3 Å². The van der Waals surface area contributed by atoms with Crippen molar-refractivity contribution in [3.05, 3.63) is 47.8 Å². The fourth-order valence-electron chi connectivity index (χ4n) is 2.08. The van der Waals surface area contributed by atoms with Crippen LogP contribution in [0.5, 0.6) is 0 Å². The number of aromatic nitrogens is 2. The minimum Gasteiger partial charge on any atom is -0.385 e. The van der Waals surface area contributed by atoms with Crippen molar-refractivity contribution >= 4 is 11.6 Å². The number of anilines is 1. The predicted molar refractivity (Wildman–Crippen MR) is 84.5 cm³/mol. The molecular weight excluding hydrogens is 264 g/mol. The van der Waals surface area contributed by atoms with Crippen molar-refractivity contribution in [2.24, 2.45) is 0 Å². The molecule has 0 aliphatic carbocycles. The standard InChI is InChI=1S/C16H22N4O/c1-3-7-17-15-6-5-14(12-13(15)2)16(21)18-9-11-20-10-4-8-19-20/h4-6,8,10,12,17H,3,7,9,11H2,1-2H3,(H,18,21). The molecule has 1 aromatic heterocycles. The van der Waals surface area contributed by atoms with E-state index in [0.717, 1.165) is 24.2 Å². The fraction of sp³-hybridized carbons (Fsp3) is 0.375. The highest BCUT2D eigenvalue weighted by Crippen LogP contribution is 2.16. The smallest absolute Gasteiger partial charge is 0.251 e. The van der Waals surface area contributed by atoms with Crippen LogP contribution in [0.4, 0.5) is 5.69 Å². The summed E-state index contributed by atoms with van der Waals surface area (Å²) in [4.78, 5) is 12.1. The zero-order chi connectivity index (χ0) is 15.1. The molecule has 0 radical (unpaired) electrons. The van der Waals surface area contributed by atoms with Gasteiger partial charge in [-0.05, 0) is 43.2 Å². The highest BCUT2D eigenvalue weighted by molar-refractivity contribution is 5.94. The molecule has 112 valence electrons. The van der Waals surface area contributed by atoms with Crippen LogP contribution in [0.15, 0.2) is 36.7 Å². The number of benzene rings is 1. The number of carbonyl (C=O) groups is 1. The molecular formula is C16H22N4O. The van der Waals surface area contributed by atoms with E-state index >= 15 is 0 Å². The molecule has 5 nitrogen and oxygen atoms in total. The Bertz CT molecular complexity index is 578. The van der Waals surface area contributed by atoms with Crippen molar-refractivity contribution in [3.63, 3.8) is 0 Å². The molecule has 1 aromatic carbocycles. The summed E-state index contributed by atoms with van der Waals surface area (Å²) in [5.74, 6) is -0.0488. The van der Waals surface area contributed by atoms with Crippen molar-refractivity contribution in [2.45, 2.75) is 26.8 Å². The van der Waals surface area contributed by atoms with E-state index in [1.54, 1.807) is 10.9 Å². The van der Waals surface area contributed by atoms with E-state index in [2.05, 4.69) is 22.7 Å². The summed E-state index contributed by atoms with van der Waals surface area (Å²) in [6.07, 6.45) is 4.69. The summed E-state index contributed by atoms with van der Waals surface area (Å²) in [6.45, 7) is 6.32. The maximum atomic E-state index is 12.1. The Kier molecular flexibility index (Phi) is 5.37. The number of aryl methyl sites for hydroxylation is 1. The van der Waals surface area contributed by atoms with E-state index in [9.17, 15) is 4.79 Å². The number of hydrogen-bond donors (Lipinski definition) is 2. The molecule has 2 rings (SSSR count). The van der Waals surface area contributed by atoms with Gasteiger partial charge in [-0.25, -0.2) is 0 Å². The highest BCUT2D eigenvalue weighted by atomic mass is 16.1. The lowest BCUT2D eigenvalue weighted by atomic mass is 10.1. The van der Waals surface area contributed by atoms with Crippen molar-refractivity contribution in [1.82, 2.24) is 15.1 Å². The average molecular weight is 286 g/mol. The summed E-state index contributed by atoms with van der Waals surface area (Å²) in [7, 11) is 0. The van der Waals surface area contributed by atoms with Gasteiger partial charge in [-0.1, -0.05) is 6.92 Å². The molecule has 0 spiro atoms. The zero-order valence-electron chi connectivity index (χ0n) is 12.6. The second kappa shape index (κ2) is 7.47. The van der Waals surface area contributed by atoms with Gasteiger partial charge in [0.25, 0.3) is 5.91 Å². The first-order valence-electron chi connectivity index (χ1n) is 7.31. The molecule has 0 aliphatic heterocycles. The van der Waals surface area contributed by atoms with Crippen LogP contribution in [0.25, 0.3) is 0 Å². The first-order chi connectivity index (χ1) is 10.2. The van der Waals surface area contributed by atoms with Gasteiger partial charge in [0.2, 0.25) is 0 Å². The van der Waals surface area contributed by atoms with Crippen molar-refractivity contribution in [1.29, 1.82) is 0 Å². The molecule has 0 saturated carbocycles. The number of carbonyl (C=O) groups excluding carboxylic acids is 1. The Morgan fingerprint density at radius 3 is 2.86 bits per heavy atom. The monoisotopic (exact) mass is 286 g/mol. The second-order valence-electron chi connectivity index (χ2n) is 4.98. The summed E-state index contributed by atoms with van der Waals surface area (Å²) < 4.78 is 1.79. The molecule has 0 unspecified atom stereocenters. The fourth-order valence-corrected chi connectivity index (χ4v) is 2.08. The van der Waals surface area contributed by atoms with Crippen LogP contribution in [0, 0.1) is 6.92 Å². The van der Waals surface area contributed by atoms with E-state index in [1.165, 1.54) is 0 Å². The first kappa shape index (κ1) is 15.1. The van der Waals surface area contributed by atoms with Crippen molar-refractivity contribution in [3.8, 4) is 0 Å². The zero-order valence-corrected chi connectivity index (χ0v) is 12.6. The predicted octanol–water partition coefficient (Wildman–Crippen LogP) is 2.44. The van der Waals surface area contributed by atoms with Crippen LogP contribution in [0.3, 0.4) is 0 Å². The van der Waals surface area contributed by atoms with Gasteiger partial charge in [0.05, 0.1) is 6.54 Å². The van der Waals surface area contributed by atoms with E-state index in [1.807, 2.05) is 37.4 Å². The third kappa shape index (κ3) is 4.34. The molecule has 0 aliphatic rings. The van der Waals surface area contributed by atoms with Crippen LogP contribution < -0.4 is 10.6 Å². The first-order valence-corrected chi connectivity index (χ1v) is 7.31. The van der Waals surface area contributed by atoms with Gasteiger partial charge in [-0.3, -0.25) is 9.48 Å². The van der Waals surface area contributed by atoms with Crippen molar-refractivity contribution in [2.75, 3.05) is 18.4 Å². The summed E-state index contributed by atoms with van der Waals surface area (Å²) in [5, 5.41) is 10.4. The van der Waals surface area contributed by atoms with Crippen LogP contribution in [0.2, 0.25) is 0 Å². The Morgan fingerprint density at radius 1 is 1.33 bits per heavy atom. The van der Waals surface area contributed by atoms with Gasteiger partial charge in [0.1, 0.15) is 0 Å². The average Bonchev–Trinajstić information content (AvgIpc) is 2.99. The molecule has 1 amide bonds. The number of nitrogens with one attached hydrogen (secondary N) is 2. The molecule has 1 heterocycles. The summed E-state index contributed by atoms with van der Waals surface area (Å²) in [5.41, 5.74) is 2.86. The second-order valence-corrected chi connectivity index (χ2v) is 4.98. The minimum absolute atomic E-state index is 0.0488. The molecule has 0 fully saturated rings. The van der Waals surface area contributed by atoms with Crippen LogP contribution in [-0.2, 0) is 6.54 Å². The van der Waals surface area contributed by atoms with Gasteiger partial charge in [-0.15, -0.1) is 0 Å². The lowest BCUT2D eigenvalue weighted by molar-refractivity contribution is 0.0952. The van der Waals surface area contributed by atoms with E-state index in [0.29, 0.717) is 18.7 Å². The lowest BCUT2D eigenvalue weighted by Crippen LogP contribution is -2.27. The number of rotatable bonds is 7. The molecule has 2 N–H and O–H groups in total. The third-order valence-corrected chi connectivity index (χ3v) is 3.24. The topological polar surface area (TPSA) is 59.0 Å². The van der Waals surface area contributed by atoms with E-state index in [-0.39, 0.29) is 5.91 Å². The number of hydrogen-bond acceptors (Lipinski definition) is 3. The normalized spacial score (nSPS) is 10.4. The Hall–Kier alpha value is -2.30. The Morgan fingerprint density at radius 2 is 2.19 bits per heavy atom. The lowest BCUT2D eigenvalue weighted by Gasteiger charge is -2.11. The minimum atomic E-state index is -0.0488. The molecule has 5 heteroatoms. The molecule has 0 bridgehead atoms. The maximum absolute atomic E-state index is 12.1. The number of nitrogens with zero attached hydrogens (tertiary/aromatic N) is 2. The Labute approximate surface area is 125 Å². The van der Waals surface area contributed by atoms with Crippen LogP contribution in [-0.4, -0.2) is 28.8 Å². The van der Waals surface area contributed by atoms with Crippen LogP contribution >= 0.6 is 0 Å². The van der Waals surface area contributed by atoms with Gasteiger partial charge in [0.15, 0.2) is 0 Å². The van der Waals surface area contributed by atoms with Gasteiger partial charge < -0.3 is 10.6 Å². The van der Waals surface area contributed by atoms with Crippen molar-refractivity contribution < 1.29 is 4.79 Å². The molecule has 21 heavy (non-hydrogen) atoms. The number of amides is 1. The highest BCUT2D eigenvalue weighted by Gasteiger charge is 2.07. The molecule has 0 atom stereocenters. The third-order valence-electron chi connectivity index (χ3n) is 3.24. The molecule has 0 saturated heterocycles. The largest absolute Gasteiger partial charge is 0.385 e. The summed E-state index contributed by atoms with van der Waals surface area (Å²) >= 11 is 0. The van der Waals surface area contributed by atoms with E-state index < -0.39 is 0 Å². The maximum Gasteiger partial charge on any atom is 0.251 e. The van der Waals surface area contributed by atoms with E-state index in [4.69, 9.17) is 0 Å².